The van der Waals surface area contributed by atoms with Gasteiger partial charge in [0.25, 0.3) is 0 Å². The van der Waals surface area contributed by atoms with Crippen LogP contribution < -0.4 is 5.32 Å². The van der Waals surface area contributed by atoms with Gasteiger partial charge in [0.2, 0.25) is 0 Å². The first-order valence-corrected chi connectivity index (χ1v) is 6.71. The molecule has 6 heteroatoms. The van der Waals surface area contributed by atoms with Crippen LogP contribution in [-0.2, 0) is 0 Å². The zero-order chi connectivity index (χ0) is 14.1. The molecule has 0 unspecified atom stereocenters. The van der Waals surface area contributed by atoms with Gasteiger partial charge in [-0.25, -0.2) is 9.78 Å². The lowest BCUT2D eigenvalue weighted by molar-refractivity contribution is 0.202. The van der Waals surface area contributed by atoms with Gasteiger partial charge in [-0.1, -0.05) is 0 Å². The molecule has 0 saturated heterocycles. The molecule has 1 aliphatic carbocycles. The Balaban J connectivity index is 1.76. The van der Waals surface area contributed by atoms with E-state index in [0.717, 1.165) is 24.2 Å². The monoisotopic (exact) mass is 275 g/mol. The lowest BCUT2D eigenvalue weighted by Crippen LogP contribution is -2.33. The van der Waals surface area contributed by atoms with E-state index in [1.165, 1.54) is 4.90 Å². The van der Waals surface area contributed by atoms with Crippen LogP contribution in [0.15, 0.2) is 22.6 Å². The largest absolute Gasteiger partial charge is 0.440 e. The van der Waals surface area contributed by atoms with Crippen LogP contribution in [-0.4, -0.2) is 41.2 Å². The Kier molecular flexibility index (Phi) is 3.31. The number of benzene rings is 1. The van der Waals surface area contributed by atoms with E-state index in [2.05, 4.69) is 10.3 Å². The van der Waals surface area contributed by atoms with Crippen LogP contribution in [0, 0.1) is 0 Å². The van der Waals surface area contributed by atoms with Crippen LogP contribution in [0.4, 0.5) is 10.5 Å². The molecule has 2 N–H and O–H groups in total. The molecule has 0 aliphatic heterocycles. The number of carbonyl (C=O) groups excluding carboxylic acids is 1. The van der Waals surface area contributed by atoms with Crippen molar-refractivity contribution in [2.75, 3.05) is 25.5 Å². The zero-order valence-electron chi connectivity index (χ0n) is 11.3. The van der Waals surface area contributed by atoms with Crippen LogP contribution >= 0.6 is 0 Å². The molecule has 1 saturated carbocycles. The highest BCUT2D eigenvalue weighted by Gasteiger charge is 2.28. The number of nitrogens with one attached hydrogen (secondary N) is 1. The summed E-state index contributed by atoms with van der Waals surface area (Å²) in [5.74, 6) is 1.26. The van der Waals surface area contributed by atoms with Gasteiger partial charge in [-0.2, -0.15) is 0 Å². The van der Waals surface area contributed by atoms with Crippen LogP contribution in [0.3, 0.4) is 0 Å². The van der Waals surface area contributed by atoms with E-state index in [1.54, 1.807) is 19.2 Å². The minimum absolute atomic E-state index is 0.0597. The fraction of sp³-hybridized carbons (Fsp3) is 0.429. The number of likely N-dealkylation sites (N-methyl/N-ethyl adjacent to an activating group) is 1. The van der Waals surface area contributed by atoms with Gasteiger partial charge in [0.05, 0.1) is 6.61 Å². The first-order chi connectivity index (χ1) is 9.67. The van der Waals surface area contributed by atoms with E-state index in [-0.39, 0.29) is 12.6 Å². The molecule has 1 aromatic carbocycles. The summed E-state index contributed by atoms with van der Waals surface area (Å²) in [7, 11) is 1.63. The standard InChI is InChI=1S/C14H17N3O3/c1-17(6-7-18)14(19)15-10-4-5-11-12(8-10)20-13(16-11)9-2-3-9/h4-5,8-9,18H,2-3,6-7H2,1H3,(H,15,19). The molecule has 1 fully saturated rings. The van der Waals surface area contributed by atoms with Gasteiger partial charge in [0.15, 0.2) is 11.5 Å². The van der Waals surface area contributed by atoms with E-state index in [0.29, 0.717) is 23.7 Å². The maximum Gasteiger partial charge on any atom is 0.321 e. The molecule has 2 aromatic rings. The highest BCUT2D eigenvalue weighted by molar-refractivity contribution is 5.91. The molecule has 106 valence electrons. The molecule has 0 bridgehead atoms. The summed E-state index contributed by atoms with van der Waals surface area (Å²) in [5, 5.41) is 11.6. The molecular formula is C14H17N3O3. The lowest BCUT2D eigenvalue weighted by Gasteiger charge is -2.16. The number of amides is 2. The molecular weight excluding hydrogens is 258 g/mol. The smallest absolute Gasteiger partial charge is 0.321 e. The number of hydrogen-bond donors (Lipinski definition) is 2. The molecule has 0 spiro atoms. The Morgan fingerprint density at radius 3 is 3.05 bits per heavy atom. The second-order valence-electron chi connectivity index (χ2n) is 5.08. The van der Waals surface area contributed by atoms with Crippen molar-refractivity contribution in [2.24, 2.45) is 0 Å². The van der Waals surface area contributed by atoms with Crippen molar-refractivity contribution < 1.29 is 14.3 Å². The quantitative estimate of drug-likeness (QED) is 0.896. The summed E-state index contributed by atoms with van der Waals surface area (Å²) in [6, 6.07) is 5.15. The predicted octanol–water partition coefficient (Wildman–Crippen LogP) is 2.16. The summed E-state index contributed by atoms with van der Waals surface area (Å²) in [4.78, 5) is 17.7. The third-order valence-corrected chi connectivity index (χ3v) is 3.36. The van der Waals surface area contributed by atoms with Crippen molar-refractivity contribution in [3.63, 3.8) is 0 Å². The van der Waals surface area contributed by atoms with Crippen molar-refractivity contribution in [1.82, 2.24) is 9.88 Å². The molecule has 1 heterocycles. The summed E-state index contributed by atoms with van der Waals surface area (Å²) in [6.45, 7) is 0.234. The molecule has 0 radical (unpaired) electrons. The number of oxazole rings is 1. The highest BCUT2D eigenvalue weighted by atomic mass is 16.3. The second kappa shape index (κ2) is 5.13. The van der Waals surface area contributed by atoms with Crippen molar-refractivity contribution >= 4 is 22.8 Å². The van der Waals surface area contributed by atoms with Crippen LogP contribution in [0.5, 0.6) is 0 Å². The number of anilines is 1. The first kappa shape index (κ1) is 12.9. The molecule has 6 nitrogen and oxygen atoms in total. The van der Waals surface area contributed by atoms with E-state index in [9.17, 15) is 4.79 Å². The summed E-state index contributed by atoms with van der Waals surface area (Å²) in [5.41, 5.74) is 2.16. The molecule has 3 rings (SSSR count). The van der Waals surface area contributed by atoms with Gasteiger partial charge < -0.3 is 19.7 Å². The topological polar surface area (TPSA) is 78.6 Å². The van der Waals surface area contributed by atoms with E-state index < -0.39 is 0 Å². The average molecular weight is 275 g/mol. The molecule has 1 aromatic heterocycles. The number of fused-ring (bicyclic) bond motifs is 1. The second-order valence-corrected chi connectivity index (χ2v) is 5.08. The van der Waals surface area contributed by atoms with Crippen LogP contribution in [0.2, 0.25) is 0 Å². The number of aliphatic hydroxyl groups is 1. The number of urea groups is 1. The minimum atomic E-state index is -0.264. The van der Waals surface area contributed by atoms with E-state index in [4.69, 9.17) is 9.52 Å². The van der Waals surface area contributed by atoms with Gasteiger partial charge in [-0.05, 0) is 25.0 Å². The number of aromatic nitrogens is 1. The normalized spacial score (nSPS) is 14.5. The third-order valence-electron chi connectivity index (χ3n) is 3.36. The van der Waals surface area contributed by atoms with Gasteiger partial charge in [0.1, 0.15) is 5.52 Å². The van der Waals surface area contributed by atoms with Gasteiger partial charge in [-0.3, -0.25) is 0 Å². The van der Waals surface area contributed by atoms with Gasteiger partial charge >= 0.3 is 6.03 Å². The Hall–Kier alpha value is -2.08. The number of hydrogen-bond acceptors (Lipinski definition) is 4. The SMILES string of the molecule is CN(CCO)C(=O)Nc1ccc2nc(C3CC3)oc2c1. The predicted molar refractivity (Wildman–Crippen MR) is 74.7 cm³/mol. The van der Waals surface area contributed by atoms with Crippen LogP contribution in [0.1, 0.15) is 24.7 Å². The molecule has 1 aliphatic rings. The molecule has 20 heavy (non-hydrogen) atoms. The third kappa shape index (κ3) is 2.60. The van der Waals surface area contributed by atoms with E-state index >= 15 is 0 Å². The summed E-state index contributed by atoms with van der Waals surface area (Å²) in [6.07, 6.45) is 2.28. The maximum absolute atomic E-state index is 11.8. The van der Waals surface area contributed by atoms with Crippen LogP contribution in [0.25, 0.3) is 11.1 Å². The maximum atomic E-state index is 11.8. The minimum Gasteiger partial charge on any atom is -0.440 e. The number of carbonyl (C=O) groups is 1. The number of rotatable bonds is 4. The Morgan fingerprint density at radius 2 is 2.35 bits per heavy atom. The summed E-state index contributed by atoms with van der Waals surface area (Å²) < 4.78 is 5.71. The van der Waals surface area contributed by atoms with Crippen molar-refractivity contribution in [2.45, 2.75) is 18.8 Å². The fourth-order valence-corrected chi connectivity index (χ4v) is 2.00. The first-order valence-electron chi connectivity index (χ1n) is 6.71. The summed E-state index contributed by atoms with van der Waals surface area (Å²) >= 11 is 0. The molecule has 2 amide bonds. The van der Waals surface area contributed by atoms with Crippen molar-refractivity contribution in [3.8, 4) is 0 Å². The van der Waals surface area contributed by atoms with E-state index in [1.807, 2.05) is 6.07 Å². The highest BCUT2D eigenvalue weighted by Crippen LogP contribution is 2.40. The number of aliphatic hydroxyl groups excluding tert-OH is 1. The Labute approximate surface area is 116 Å². The number of nitrogens with zero attached hydrogens (tertiary/aromatic N) is 2. The fourth-order valence-electron chi connectivity index (χ4n) is 2.00. The van der Waals surface area contributed by atoms with Crippen molar-refractivity contribution in [1.29, 1.82) is 0 Å². The van der Waals surface area contributed by atoms with Crippen molar-refractivity contribution in [3.05, 3.63) is 24.1 Å². The Bertz CT molecular complexity index is 634. The van der Waals surface area contributed by atoms with Gasteiger partial charge in [-0.15, -0.1) is 0 Å². The zero-order valence-corrected chi connectivity index (χ0v) is 11.3. The lowest BCUT2D eigenvalue weighted by atomic mass is 10.3. The molecule has 0 atom stereocenters. The average Bonchev–Trinajstić information content (AvgIpc) is 3.19. The van der Waals surface area contributed by atoms with Gasteiger partial charge in [0, 0.05) is 31.3 Å². The Morgan fingerprint density at radius 1 is 1.55 bits per heavy atom.